The third-order valence-electron chi connectivity index (χ3n) is 3.11. The smallest absolute Gasteiger partial charge is 0.344 e. The highest BCUT2D eigenvalue weighted by Gasteiger charge is 2.19. The summed E-state index contributed by atoms with van der Waals surface area (Å²) in [6, 6.07) is 12.4. The lowest BCUT2D eigenvalue weighted by molar-refractivity contribution is 0.0428. The van der Waals surface area contributed by atoms with Gasteiger partial charge in [0.1, 0.15) is 17.2 Å². The van der Waals surface area contributed by atoms with Gasteiger partial charge >= 0.3 is 5.97 Å². The van der Waals surface area contributed by atoms with E-state index >= 15 is 0 Å². The number of rotatable bonds is 4. The number of benzene rings is 2. The number of esters is 1. The van der Waals surface area contributed by atoms with Gasteiger partial charge in [0.2, 0.25) is 5.89 Å². The molecular weight excluding hydrogens is 304 g/mol. The van der Waals surface area contributed by atoms with Crippen LogP contribution in [-0.4, -0.2) is 11.0 Å². The van der Waals surface area contributed by atoms with Crippen molar-refractivity contribution in [2.24, 2.45) is 0 Å². The van der Waals surface area contributed by atoms with Crippen LogP contribution >= 0.6 is 0 Å². The van der Waals surface area contributed by atoms with Crippen LogP contribution in [0.4, 0.5) is 8.78 Å². The van der Waals surface area contributed by atoms with E-state index in [-0.39, 0.29) is 12.5 Å². The summed E-state index contributed by atoms with van der Waals surface area (Å²) in [5, 5.41) is 0. The quantitative estimate of drug-likeness (QED) is 0.683. The first-order chi connectivity index (χ1) is 11.1. The molecule has 3 rings (SSSR count). The Bertz CT molecular complexity index is 811. The van der Waals surface area contributed by atoms with Crippen molar-refractivity contribution >= 4 is 5.97 Å². The molecule has 23 heavy (non-hydrogen) atoms. The van der Waals surface area contributed by atoms with Crippen LogP contribution in [0.3, 0.4) is 0 Å². The van der Waals surface area contributed by atoms with Crippen LogP contribution in [0, 0.1) is 11.6 Å². The largest absolute Gasteiger partial charge is 0.452 e. The number of halogens is 2. The summed E-state index contributed by atoms with van der Waals surface area (Å²) in [4.78, 5) is 15.7. The fraction of sp³-hybridized carbons (Fsp3) is 0.0588. The highest BCUT2D eigenvalue weighted by Crippen LogP contribution is 2.20. The molecule has 0 saturated heterocycles. The van der Waals surface area contributed by atoms with Gasteiger partial charge in [0.25, 0.3) is 0 Å². The Labute approximate surface area is 130 Å². The van der Waals surface area contributed by atoms with Crippen LogP contribution < -0.4 is 0 Å². The molecule has 0 spiro atoms. The molecule has 0 aliphatic carbocycles. The van der Waals surface area contributed by atoms with Gasteiger partial charge in [-0.25, -0.2) is 18.6 Å². The van der Waals surface area contributed by atoms with Crippen LogP contribution in [0.15, 0.2) is 59.1 Å². The Morgan fingerprint density at radius 2 is 1.74 bits per heavy atom. The molecular formula is C17H11F2NO3. The predicted molar refractivity (Wildman–Crippen MR) is 77.4 cm³/mol. The van der Waals surface area contributed by atoms with Crippen LogP contribution in [-0.2, 0) is 11.3 Å². The first kappa shape index (κ1) is 14.9. The standard InChI is InChI=1S/C17H11F2NO3/c18-12-7-4-8-13(19)16(12)17(21)22-10-15-20-9-14(23-15)11-5-2-1-3-6-11/h1-9H,10H2. The van der Waals surface area contributed by atoms with Crippen LogP contribution in [0.2, 0.25) is 0 Å². The minimum Gasteiger partial charge on any atom is -0.452 e. The molecule has 1 heterocycles. The number of hydrogen-bond donors (Lipinski definition) is 0. The lowest BCUT2D eigenvalue weighted by Crippen LogP contribution is -2.10. The van der Waals surface area contributed by atoms with Gasteiger partial charge in [0.15, 0.2) is 12.4 Å². The van der Waals surface area contributed by atoms with Crippen LogP contribution in [0.1, 0.15) is 16.2 Å². The van der Waals surface area contributed by atoms with Crippen molar-refractivity contribution in [3.63, 3.8) is 0 Å². The summed E-state index contributed by atoms with van der Waals surface area (Å²) in [6.45, 7) is -0.320. The molecule has 0 amide bonds. The molecule has 0 aliphatic rings. The SMILES string of the molecule is O=C(OCc1ncc(-c2ccccc2)o1)c1c(F)cccc1F. The molecule has 0 bridgehead atoms. The normalized spacial score (nSPS) is 10.5. The van der Waals surface area contributed by atoms with E-state index in [2.05, 4.69) is 4.98 Å². The Morgan fingerprint density at radius 3 is 2.43 bits per heavy atom. The predicted octanol–water partition coefficient (Wildman–Crippen LogP) is 3.98. The fourth-order valence-corrected chi connectivity index (χ4v) is 2.01. The van der Waals surface area contributed by atoms with E-state index < -0.39 is 23.2 Å². The van der Waals surface area contributed by atoms with Gasteiger partial charge in [-0.3, -0.25) is 0 Å². The fourth-order valence-electron chi connectivity index (χ4n) is 2.01. The molecule has 3 aromatic rings. The lowest BCUT2D eigenvalue weighted by atomic mass is 10.2. The zero-order chi connectivity index (χ0) is 16.2. The summed E-state index contributed by atoms with van der Waals surface area (Å²) in [6.07, 6.45) is 1.49. The van der Waals surface area contributed by atoms with E-state index in [1.807, 2.05) is 30.3 Å². The molecule has 0 N–H and O–H groups in total. The lowest BCUT2D eigenvalue weighted by Gasteiger charge is -2.04. The number of carbonyl (C=O) groups is 1. The van der Waals surface area contributed by atoms with Crippen LogP contribution in [0.25, 0.3) is 11.3 Å². The van der Waals surface area contributed by atoms with E-state index in [1.165, 1.54) is 12.3 Å². The van der Waals surface area contributed by atoms with Crippen LogP contribution in [0.5, 0.6) is 0 Å². The Hall–Kier alpha value is -3.02. The number of aromatic nitrogens is 1. The van der Waals surface area contributed by atoms with Gasteiger partial charge in [-0.1, -0.05) is 36.4 Å². The van der Waals surface area contributed by atoms with Gasteiger partial charge in [-0.05, 0) is 12.1 Å². The van der Waals surface area contributed by atoms with Crippen molar-refractivity contribution in [1.29, 1.82) is 0 Å². The second-order valence-electron chi connectivity index (χ2n) is 4.66. The second kappa shape index (κ2) is 6.39. The summed E-state index contributed by atoms with van der Waals surface area (Å²) in [5.41, 5.74) is 0.0834. The summed E-state index contributed by atoms with van der Waals surface area (Å²) in [5.74, 6) is -2.43. The number of hydrogen-bond acceptors (Lipinski definition) is 4. The molecule has 116 valence electrons. The van der Waals surface area contributed by atoms with Crippen molar-refractivity contribution in [2.75, 3.05) is 0 Å². The minimum atomic E-state index is -1.11. The number of ether oxygens (including phenoxy) is 1. The van der Waals surface area contributed by atoms with E-state index in [4.69, 9.17) is 9.15 Å². The topological polar surface area (TPSA) is 52.3 Å². The first-order valence-corrected chi connectivity index (χ1v) is 6.76. The summed E-state index contributed by atoms with van der Waals surface area (Å²) >= 11 is 0. The van der Waals surface area contributed by atoms with E-state index in [0.29, 0.717) is 5.76 Å². The molecule has 2 aromatic carbocycles. The maximum absolute atomic E-state index is 13.5. The number of nitrogens with zero attached hydrogens (tertiary/aromatic N) is 1. The molecule has 0 aliphatic heterocycles. The van der Waals surface area contributed by atoms with Crippen molar-refractivity contribution < 1.29 is 22.7 Å². The Kier molecular flexibility index (Phi) is 4.14. The maximum Gasteiger partial charge on any atom is 0.344 e. The monoisotopic (exact) mass is 315 g/mol. The van der Waals surface area contributed by atoms with Crippen molar-refractivity contribution in [3.8, 4) is 11.3 Å². The molecule has 4 nitrogen and oxygen atoms in total. The molecule has 0 radical (unpaired) electrons. The summed E-state index contributed by atoms with van der Waals surface area (Å²) in [7, 11) is 0. The van der Waals surface area contributed by atoms with Crippen molar-refractivity contribution in [1.82, 2.24) is 4.98 Å². The van der Waals surface area contributed by atoms with Gasteiger partial charge in [0, 0.05) is 5.56 Å². The number of carbonyl (C=O) groups excluding carboxylic acids is 1. The van der Waals surface area contributed by atoms with Crippen molar-refractivity contribution in [3.05, 3.63) is 77.8 Å². The van der Waals surface area contributed by atoms with Gasteiger partial charge in [-0.15, -0.1) is 0 Å². The van der Waals surface area contributed by atoms with Gasteiger partial charge < -0.3 is 9.15 Å². The number of oxazole rings is 1. The molecule has 0 saturated carbocycles. The Morgan fingerprint density at radius 1 is 1.04 bits per heavy atom. The molecule has 6 heteroatoms. The van der Waals surface area contributed by atoms with E-state index in [9.17, 15) is 13.6 Å². The first-order valence-electron chi connectivity index (χ1n) is 6.76. The Balaban J connectivity index is 1.70. The average Bonchev–Trinajstić information content (AvgIpc) is 3.02. The zero-order valence-electron chi connectivity index (χ0n) is 11.8. The average molecular weight is 315 g/mol. The molecule has 0 unspecified atom stereocenters. The second-order valence-corrected chi connectivity index (χ2v) is 4.66. The summed E-state index contributed by atoms with van der Waals surface area (Å²) < 4.78 is 37.2. The molecule has 1 aromatic heterocycles. The highest BCUT2D eigenvalue weighted by atomic mass is 19.1. The molecule has 0 atom stereocenters. The van der Waals surface area contributed by atoms with Gasteiger partial charge in [0.05, 0.1) is 6.20 Å². The third-order valence-corrected chi connectivity index (χ3v) is 3.11. The highest BCUT2D eigenvalue weighted by molar-refractivity contribution is 5.89. The van der Waals surface area contributed by atoms with E-state index in [0.717, 1.165) is 17.7 Å². The van der Waals surface area contributed by atoms with Crippen molar-refractivity contribution in [2.45, 2.75) is 6.61 Å². The van der Waals surface area contributed by atoms with E-state index in [1.54, 1.807) is 0 Å². The third kappa shape index (κ3) is 3.26. The zero-order valence-corrected chi connectivity index (χ0v) is 11.8. The minimum absolute atomic E-state index is 0.133. The van der Waals surface area contributed by atoms with Gasteiger partial charge in [-0.2, -0.15) is 0 Å². The maximum atomic E-state index is 13.5. The molecule has 0 fully saturated rings.